The molecule has 0 spiro atoms. The van der Waals surface area contributed by atoms with E-state index in [1.54, 1.807) is 14.2 Å². The molecule has 0 saturated heterocycles. The molecule has 0 aliphatic rings. The first kappa shape index (κ1) is 15.9. The van der Waals surface area contributed by atoms with E-state index in [1.165, 1.54) is 0 Å². The summed E-state index contributed by atoms with van der Waals surface area (Å²) in [6.07, 6.45) is 0.516. The average Bonchev–Trinajstić information content (AvgIpc) is 2.47. The molecule has 2 rings (SSSR count). The number of rotatable bonds is 5. The molecular formula is C17H19BrO3. The van der Waals surface area contributed by atoms with Gasteiger partial charge in [-0.15, -0.1) is 0 Å². The van der Waals surface area contributed by atoms with Crippen molar-refractivity contribution >= 4 is 15.9 Å². The van der Waals surface area contributed by atoms with Crippen molar-refractivity contribution in [1.29, 1.82) is 0 Å². The number of hydrogen-bond acceptors (Lipinski definition) is 3. The van der Waals surface area contributed by atoms with Gasteiger partial charge in [-0.1, -0.05) is 18.2 Å². The molecule has 3 nitrogen and oxygen atoms in total. The van der Waals surface area contributed by atoms with Gasteiger partial charge in [-0.05, 0) is 58.2 Å². The van der Waals surface area contributed by atoms with Crippen molar-refractivity contribution in [1.82, 2.24) is 0 Å². The van der Waals surface area contributed by atoms with Crippen molar-refractivity contribution in [3.05, 3.63) is 58.1 Å². The second-order valence-electron chi connectivity index (χ2n) is 5.15. The molecule has 21 heavy (non-hydrogen) atoms. The Hall–Kier alpha value is -1.52. The summed E-state index contributed by atoms with van der Waals surface area (Å²) in [5.41, 5.74) is 0.944. The lowest BCUT2D eigenvalue weighted by molar-refractivity contribution is 0.0575. The molecule has 1 N–H and O–H groups in total. The molecule has 0 radical (unpaired) electrons. The van der Waals surface area contributed by atoms with Crippen LogP contribution in [-0.4, -0.2) is 19.3 Å². The maximum atomic E-state index is 10.7. The Morgan fingerprint density at radius 2 is 1.71 bits per heavy atom. The van der Waals surface area contributed by atoms with E-state index in [9.17, 15) is 5.11 Å². The fraction of sp³-hybridized carbons (Fsp3) is 0.294. The number of aliphatic hydroxyl groups is 1. The van der Waals surface area contributed by atoms with Crippen molar-refractivity contribution in [2.45, 2.75) is 18.9 Å². The number of benzene rings is 2. The van der Waals surface area contributed by atoms with Gasteiger partial charge >= 0.3 is 0 Å². The minimum absolute atomic E-state index is 0.516. The van der Waals surface area contributed by atoms with E-state index in [0.717, 1.165) is 27.1 Å². The van der Waals surface area contributed by atoms with Crippen LogP contribution in [0.5, 0.6) is 11.5 Å². The van der Waals surface area contributed by atoms with E-state index in [-0.39, 0.29) is 0 Å². The Labute approximate surface area is 133 Å². The first-order valence-electron chi connectivity index (χ1n) is 6.65. The van der Waals surface area contributed by atoms with Crippen molar-refractivity contribution in [2.75, 3.05) is 14.2 Å². The Morgan fingerprint density at radius 3 is 2.24 bits per heavy atom. The number of ether oxygens (including phenoxy) is 2. The minimum atomic E-state index is -0.944. The first-order valence-corrected chi connectivity index (χ1v) is 7.45. The predicted octanol–water partition coefficient (Wildman–Crippen LogP) is 3.92. The summed E-state index contributed by atoms with van der Waals surface area (Å²) in [6.45, 7) is 1.81. The van der Waals surface area contributed by atoms with Gasteiger partial charge in [0.1, 0.15) is 11.5 Å². The van der Waals surface area contributed by atoms with Crippen molar-refractivity contribution in [2.24, 2.45) is 0 Å². The Morgan fingerprint density at radius 1 is 1.05 bits per heavy atom. The van der Waals surface area contributed by atoms with Gasteiger partial charge < -0.3 is 14.6 Å². The molecule has 0 fully saturated rings. The molecule has 0 bridgehead atoms. The average molecular weight is 351 g/mol. The lowest BCUT2D eigenvalue weighted by atomic mass is 9.89. The molecule has 2 aromatic carbocycles. The molecule has 0 aromatic heterocycles. The van der Waals surface area contributed by atoms with E-state index in [4.69, 9.17) is 9.47 Å². The van der Waals surface area contributed by atoms with Crippen LogP contribution < -0.4 is 9.47 Å². The molecule has 0 heterocycles. The monoisotopic (exact) mass is 350 g/mol. The second-order valence-corrected chi connectivity index (χ2v) is 6.00. The van der Waals surface area contributed by atoms with E-state index in [2.05, 4.69) is 15.9 Å². The SMILES string of the molecule is COc1ccc(C(C)(O)Cc2ccc(OC)c(Br)c2)cc1. The number of halogens is 1. The van der Waals surface area contributed by atoms with Gasteiger partial charge in [0.15, 0.2) is 0 Å². The molecule has 4 heteroatoms. The molecule has 1 unspecified atom stereocenters. The van der Waals surface area contributed by atoms with Gasteiger partial charge in [0, 0.05) is 6.42 Å². The molecule has 0 aliphatic carbocycles. The fourth-order valence-electron chi connectivity index (χ4n) is 2.27. The summed E-state index contributed by atoms with van der Waals surface area (Å²) in [7, 11) is 3.26. The van der Waals surface area contributed by atoms with Crippen LogP contribution in [-0.2, 0) is 12.0 Å². The van der Waals surface area contributed by atoms with Crippen LogP contribution in [0.2, 0.25) is 0 Å². The molecule has 112 valence electrons. The van der Waals surface area contributed by atoms with E-state index >= 15 is 0 Å². The highest BCUT2D eigenvalue weighted by atomic mass is 79.9. The zero-order chi connectivity index (χ0) is 15.5. The largest absolute Gasteiger partial charge is 0.497 e. The summed E-state index contributed by atoms with van der Waals surface area (Å²) in [4.78, 5) is 0. The van der Waals surface area contributed by atoms with Gasteiger partial charge in [0.25, 0.3) is 0 Å². The van der Waals surface area contributed by atoms with Crippen molar-refractivity contribution < 1.29 is 14.6 Å². The number of methoxy groups -OCH3 is 2. The zero-order valence-electron chi connectivity index (χ0n) is 12.4. The van der Waals surface area contributed by atoms with Crippen LogP contribution in [0.15, 0.2) is 46.9 Å². The highest BCUT2D eigenvalue weighted by Gasteiger charge is 2.24. The lowest BCUT2D eigenvalue weighted by Crippen LogP contribution is -2.24. The van der Waals surface area contributed by atoms with Crippen LogP contribution in [0.3, 0.4) is 0 Å². The Bertz CT molecular complexity index is 606. The van der Waals surface area contributed by atoms with Crippen molar-refractivity contribution in [3.8, 4) is 11.5 Å². The third kappa shape index (κ3) is 3.77. The molecule has 1 atom stereocenters. The molecule has 0 saturated carbocycles. The third-order valence-electron chi connectivity index (χ3n) is 3.48. The predicted molar refractivity (Wildman–Crippen MR) is 87.0 cm³/mol. The summed E-state index contributed by atoms with van der Waals surface area (Å²) in [5.74, 6) is 1.56. The zero-order valence-corrected chi connectivity index (χ0v) is 14.0. The Kier molecular flexibility index (Phi) is 4.91. The summed E-state index contributed by atoms with van der Waals surface area (Å²) < 4.78 is 11.2. The highest BCUT2D eigenvalue weighted by Crippen LogP contribution is 2.31. The van der Waals surface area contributed by atoms with Crippen LogP contribution in [0, 0.1) is 0 Å². The topological polar surface area (TPSA) is 38.7 Å². The van der Waals surface area contributed by atoms with Crippen LogP contribution >= 0.6 is 15.9 Å². The van der Waals surface area contributed by atoms with Gasteiger partial charge in [0.05, 0.1) is 24.3 Å². The maximum absolute atomic E-state index is 10.7. The third-order valence-corrected chi connectivity index (χ3v) is 4.10. The quantitative estimate of drug-likeness (QED) is 0.888. The summed E-state index contributed by atoms with van der Waals surface area (Å²) in [5, 5.41) is 10.7. The minimum Gasteiger partial charge on any atom is -0.497 e. The van der Waals surface area contributed by atoms with E-state index in [0.29, 0.717) is 6.42 Å². The second kappa shape index (κ2) is 6.50. The standard InChI is InChI=1S/C17H19BrO3/c1-17(19,13-5-7-14(20-2)8-6-13)11-12-4-9-16(21-3)15(18)10-12/h4-10,19H,11H2,1-3H3. The fourth-order valence-corrected chi connectivity index (χ4v) is 2.86. The summed E-state index contributed by atoms with van der Waals surface area (Å²) >= 11 is 3.47. The van der Waals surface area contributed by atoms with Crippen LogP contribution in [0.1, 0.15) is 18.1 Å². The Balaban J connectivity index is 2.21. The van der Waals surface area contributed by atoms with E-state index < -0.39 is 5.60 Å². The molecule has 2 aromatic rings. The van der Waals surface area contributed by atoms with Crippen molar-refractivity contribution in [3.63, 3.8) is 0 Å². The molecular weight excluding hydrogens is 332 g/mol. The smallest absolute Gasteiger partial charge is 0.133 e. The van der Waals surface area contributed by atoms with Crippen LogP contribution in [0.25, 0.3) is 0 Å². The number of hydrogen-bond donors (Lipinski definition) is 1. The lowest BCUT2D eigenvalue weighted by Gasteiger charge is -2.24. The molecule has 0 amide bonds. The van der Waals surface area contributed by atoms with Gasteiger partial charge in [-0.3, -0.25) is 0 Å². The maximum Gasteiger partial charge on any atom is 0.133 e. The summed E-state index contributed by atoms with van der Waals surface area (Å²) in [6, 6.07) is 13.3. The van der Waals surface area contributed by atoms with Gasteiger partial charge in [-0.2, -0.15) is 0 Å². The molecule has 0 aliphatic heterocycles. The van der Waals surface area contributed by atoms with E-state index in [1.807, 2.05) is 49.4 Å². The van der Waals surface area contributed by atoms with Crippen LogP contribution in [0.4, 0.5) is 0 Å². The van der Waals surface area contributed by atoms with Gasteiger partial charge in [0.2, 0.25) is 0 Å². The normalized spacial score (nSPS) is 13.6. The van der Waals surface area contributed by atoms with Gasteiger partial charge in [-0.25, -0.2) is 0 Å². The highest BCUT2D eigenvalue weighted by molar-refractivity contribution is 9.10. The first-order chi connectivity index (χ1) is 9.96.